The van der Waals surface area contributed by atoms with Crippen molar-refractivity contribution in [2.75, 3.05) is 53.6 Å². The third-order valence-corrected chi connectivity index (χ3v) is 7.15. The first kappa shape index (κ1) is 23.0. The van der Waals surface area contributed by atoms with Crippen molar-refractivity contribution in [1.82, 2.24) is 14.7 Å². The number of likely N-dealkylation sites (N-methyl/N-ethyl adjacent to an activating group) is 1. The predicted octanol–water partition coefficient (Wildman–Crippen LogP) is 1.58. The molecule has 0 bridgehead atoms. The lowest BCUT2D eigenvalue weighted by Crippen LogP contribution is -2.86. The number of hydrogen-bond acceptors (Lipinski definition) is 5. The fourth-order valence-corrected chi connectivity index (χ4v) is 5.73. The predicted molar refractivity (Wildman–Crippen MR) is 123 cm³/mol. The van der Waals surface area contributed by atoms with Gasteiger partial charge in [-0.1, -0.05) is 36.4 Å². The van der Waals surface area contributed by atoms with Gasteiger partial charge in [-0.05, 0) is 45.0 Å². The summed E-state index contributed by atoms with van der Waals surface area (Å²) in [5, 5.41) is 10.2. The Balaban J connectivity index is 1.58. The van der Waals surface area contributed by atoms with Gasteiger partial charge in [0.1, 0.15) is 0 Å². The van der Waals surface area contributed by atoms with Gasteiger partial charge in [-0.15, -0.1) is 0 Å². The Kier molecular flexibility index (Phi) is 6.70. The summed E-state index contributed by atoms with van der Waals surface area (Å²) in [6.07, 6.45) is 5.58. The fraction of sp³-hybridized carbons (Fsp3) is 0.600. The molecule has 32 heavy (non-hydrogen) atoms. The molecule has 3 aliphatic heterocycles. The van der Waals surface area contributed by atoms with Gasteiger partial charge in [0.2, 0.25) is 11.8 Å². The molecule has 0 aliphatic carbocycles. The van der Waals surface area contributed by atoms with Gasteiger partial charge in [-0.3, -0.25) is 9.59 Å². The first-order valence-electron chi connectivity index (χ1n) is 11.6. The van der Waals surface area contributed by atoms with Crippen LogP contribution in [-0.4, -0.2) is 96.8 Å². The zero-order valence-electron chi connectivity index (χ0n) is 19.4. The van der Waals surface area contributed by atoms with Gasteiger partial charge in [-0.25, -0.2) is 0 Å². The average molecular weight is 442 g/mol. The van der Waals surface area contributed by atoms with Gasteiger partial charge in [0, 0.05) is 38.1 Å². The Morgan fingerprint density at radius 1 is 1.19 bits per heavy atom. The molecule has 1 N–H and O–H groups in total. The maximum atomic E-state index is 13.2. The lowest BCUT2D eigenvalue weighted by Gasteiger charge is -2.70. The van der Waals surface area contributed by atoms with Gasteiger partial charge in [0.05, 0.1) is 24.7 Å². The Bertz CT molecular complexity index is 854. The number of nitrogens with zero attached hydrogens (tertiary/aromatic N) is 3. The first-order valence-corrected chi connectivity index (χ1v) is 11.6. The number of carbonyl (C=O) groups excluding carboxylic acids is 2. The number of allylic oxidation sites excluding steroid dienone is 1. The summed E-state index contributed by atoms with van der Waals surface area (Å²) >= 11 is 0. The van der Waals surface area contributed by atoms with Crippen LogP contribution in [0.5, 0.6) is 0 Å². The largest absolute Gasteiger partial charge is 0.394 e. The standard InChI is InChI=1S/C25H35N3O4/c1-4-5-18-6-8-19(9-7-18)23-21(15-29)28(22(30)14-26(2)3)25(23)16-27(17-25)24(31)20-10-12-32-13-11-20/h4-9,20-21,23,29H,10-17H2,1-3H3/b5-4+/t21-,23+/m1/s1. The molecule has 7 heteroatoms. The number of ether oxygens (including phenoxy) is 1. The molecule has 1 spiro atoms. The van der Waals surface area contributed by atoms with Crippen LogP contribution >= 0.6 is 0 Å². The van der Waals surface area contributed by atoms with Crippen LogP contribution in [-0.2, 0) is 14.3 Å². The second-order valence-corrected chi connectivity index (χ2v) is 9.58. The molecule has 0 radical (unpaired) electrons. The van der Waals surface area contributed by atoms with Gasteiger partial charge in [-0.2, -0.15) is 0 Å². The van der Waals surface area contributed by atoms with Gasteiger partial charge >= 0.3 is 0 Å². The van der Waals surface area contributed by atoms with Crippen LogP contribution in [0.4, 0.5) is 0 Å². The van der Waals surface area contributed by atoms with Crippen LogP contribution in [0.1, 0.15) is 36.8 Å². The molecule has 1 aromatic carbocycles. The monoisotopic (exact) mass is 441 g/mol. The van der Waals surface area contributed by atoms with E-state index in [-0.39, 0.29) is 36.3 Å². The Morgan fingerprint density at radius 2 is 1.84 bits per heavy atom. The lowest BCUT2D eigenvalue weighted by molar-refractivity contribution is -0.205. The highest BCUT2D eigenvalue weighted by molar-refractivity contribution is 5.84. The van der Waals surface area contributed by atoms with Crippen molar-refractivity contribution in [2.24, 2.45) is 5.92 Å². The molecule has 7 nitrogen and oxygen atoms in total. The summed E-state index contributed by atoms with van der Waals surface area (Å²) in [6, 6.07) is 8.08. The molecule has 3 aliphatic rings. The van der Waals surface area contributed by atoms with E-state index in [0.29, 0.717) is 32.8 Å². The Labute approximate surface area is 190 Å². The highest BCUT2D eigenvalue weighted by Gasteiger charge is 2.68. The molecule has 174 valence electrons. The molecule has 3 fully saturated rings. The minimum Gasteiger partial charge on any atom is -0.394 e. The van der Waals surface area contributed by atoms with Gasteiger partial charge in [0.15, 0.2) is 0 Å². The van der Waals surface area contributed by atoms with Gasteiger partial charge in [0.25, 0.3) is 0 Å². The molecule has 3 heterocycles. The van der Waals surface area contributed by atoms with Crippen LogP contribution in [0, 0.1) is 5.92 Å². The number of rotatable bonds is 6. The number of benzene rings is 1. The molecule has 0 unspecified atom stereocenters. The molecule has 4 rings (SSSR count). The third-order valence-electron chi connectivity index (χ3n) is 7.15. The second-order valence-electron chi connectivity index (χ2n) is 9.58. The van der Waals surface area contributed by atoms with E-state index in [1.165, 1.54) is 0 Å². The fourth-order valence-electron chi connectivity index (χ4n) is 5.73. The number of aliphatic hydroxyl groups excluding tert-OH is 1. The SMILES string of the molecule is C/C=C/c1ccc([C@H]2[C@@H](CO)N(C(=O)CN(C)C)C23CN(C(=O)C2CCOCC2)C3)cc1. The van der Waals surface area contributed by atoms with E-state index in [9.17, 15) is 14.7 Å². The van der Waals surface area contributed by atoms with Crippen molar-refractivity contribution < 1.29 is 19.4 Å². The highest BCUT2D eigenvalue weighted by Crippen LogP contribution is 2.54. The minimum atomic E-state index is -0.441. The number of hydrogen-bond donors (Lipinski definition) is 1. The van der Waals surface area contributed by atoms with Crippen LogP contribution in [0.2, 0.25) is 0 Å². The highest BCUT2D eigenvalue weighted by atomic mass is 16.5. The van der Waals surface area contributed by atoms with Crippen molar-refractivity contribution in [3.05, 3.63) is 41.5 Å². The normalized spacial score (nSPS) is 25.3. The maximum Gasteiger partial charge on any atom is 0.237 e. The van der Waals surface area contributed by atoms with Crippen molar-refractivity contribution in [1.29, 1.82) is 0 Å². The average Bonchev–Trinajstić information content (AvgIpc) is 2.73. The number of aliphatic hydroxyl groups is 1. The van der Waals surface area contributed by atoms with Crippen LogP contribution in [0.3, 0.4) is 0 Å². The number of amides is 2. The maximum absolute atomic E-state index is 13.2. The summed E-state index contributed by atoms with van der Waals surface area (Å²) in [6.45, 7) is 4.52. The zero-order valence-corrected chi connectivity index (χ0v) is 19.4. The van der Waals surface area contributed by atoms with E-state index in [4.69, 9.17) is 4.74 Å². The molecule has 0 aromatic heterocycles. The van der Waals surface area contributed by atoms with Crippen molar-refractivity contribution in [3.63, 3.8) is 0 Å². The topological polar surface area (TPSA) is 73.3 Å². The van der Waals surface area contributed by atoms with E-state index in [2.05, 4.69) is 24.3 Å². The minimum absolute atomic E-state index is 0.00834. The van der Waals surface area contributed by atoms with E-state index in [1.54, 1.807) is 0 Å². The van der Waals surface area contributed by atoms with Crippen molar-refractivity contribution >= 4 is 17.9 Å². The summed E-state index contributed by atoms with van der Waals surface area (Å²) in [5.41, 5.74) is 1.80. The first-order chi connectivity index (χ1) is 15.4. The van der Waals surface area contributed by atoms with E-state index in [0.717, 1.165) is 24.0 Å². The lowest BCUT2D eigenvalue weighted by atomic mass is 9.60. The van der Waals surface area contributed by atoms with Crippen molar-refractivity contribution in [2.45, 2.75) is 37.3 Å². The van der Waals surface area contributed by atoms with E-state index in [1.807, 2.05) is 47.9 Å². The van der Waals surface area contributed by atoms with Crippen LogP contribution in [0.25, 0.3) is 6.08 Å². The molecule has 2 amide bonds. The third kappa shape index (κ3) is 3.98. The Hall–Kier alpha value is -2.22. The summed E-state index contributed by atoms with van der Waals surface area (Å²) in [5.74, 6) is 0.207. The zero-order chi connectivity index (χ0) is 22.9. The van der Waals surface area contributed by atoms with Crippen LogP contribution < -0.4 is 0 Å². The number of carbonyl (C=O) groups is 2. The summed E-state index contributed by atoms with van der Waals surface area (Å²) in [7, 11) is 3.75. The van der Waals surface area contributed by atoms with E-state index >= 15 is 0 Å². The molecule has 3 saturated heterocycles. The molecular weight excluding hydrogens is 406 g/mol. The molecule has 2 atom stereocenters. The summed E-state index contributed by atoms with van der Waals surface area (Å²) < 4.78 is 5.41. The van der Waals surface area contributed by atoms with E-state index < -0.39 is 5.54 Å². The van der Waals surface area contributed by atoms with Gasteiger partial charge < -0.3 is 24.5 Å². The quantitative estimate of drug-likeness (QED) is 0.726. The van der Waals surface area contributed by atoms with Crippen molar-refractivity contribution in [3.8, 4) is 0 Å². The smallest absolute Gasteiger partial charge is 0.237 e. The molecule has 0 saturated carbocycles. The molecule has 1 aromatic rings. The summed E-state index contributed by atoms with van der Waals surface area (Å²) in [4.78, 5) is 31.9. The van der Waals surface area contributed by atoms with Crippen LogP contribution in [0.15, 0.2) is 30.3 Å². The Morgan fingerprint density at radius 3 is 2.41 bits per heavy atom. The second kappa shape index (κ2) is 9.33. The molecular formula is C25H35N3O4. The number of likely N-dealkylation sites (tertiary alicyclic amines) is 2.